The fourth-order valence-electron chi connectivity index (χ4n) is 4.98. The molecule has 0 aliphatic carbocycles. The Hall–Kier alpha value is -2.22. The largest absolute Gasteiger partial charge is 0.493 e. The summed E-state index contributed by atoms with van der Waals surface area (Å²) in [5.41, 5.74) is 7.81. The zero-order chi connectivity index (χ0) is 21.8. The van der Waals surface area contributed by atoms with E-state index < -0.39 is 11.6 Å². The van der Waals surface area contributed by atoms with E-state index in [0.29, 0.717) is 19.1 Å². The monoisotopic (exact) mass is 431 g/mol. The molecule has 2 aliphatic heterocycles. The lowest BCUT2D eigenvalue weighted by molar-refractivity contribution is 0.138. The minimum atomic E-state index is -0.463. The number of likely N-dealkylation sites (tertiary alicyclic amines) is 1. The van der Waals surface area contributed by atoms with E-state index in [-0.39, 0.29) is 17.5 Å². The average molecular weight is 432 g/mol. The van der Waals surface area contributed by atoms with Crippen LogP contribution in [-0.4, -0.2) is 44.3 Å². The summed E-state index contributed by atoms with van der Waals surface area (Å²) in [6.45, 7) is 5.75. The van der Waals surface area contributed by atoms with Gasteiger partial charge in [0.2, 0.25) is 0 Å². The molecule has 0 aromatic heterocycles. The van der Waals surface area contributed by atoms with E-state index in [1.807, 2.05) is 19.1 Å². The van der Waals surface area contributed by atoms with E-state index in [2.05, 4.69) is 21.8 Å². The molecule has 0 saturated carbocycles. The fraction of sp³-hybridized carbons (Fsp3) is 0.500. The lowest BCUT2D eigenvalue weighted by Gasteiger charge is -2.37. The van der Waals surface area contributed by atoms with Crippen LogP contribution in [0, 0.1) is 17.6 Å². The number of ether oxygens (including phenoxy) is 2. The van der Waals surface area contributed by atoms with E-state index >= 15 is 0 Å². The third-order valence-corrected chi connectivity index (χ3v) is 6.38. The summed E-state index contributed by atoms with van der Waals surface area (Å²) in [6, 6.07) is 10.2. The normalized spacial score (nSPS) is 24.3. The van der Waals surface area contributed by atoms with Gasteiger partial charge in [0, 0.05) is 37.2 Å². The number of hydrazine groups is 1. The molecule has 2 aromatic rings. The highest BCUT2D eigenvalue weighted by Crippen LogP contribution is 2.35. The van der Waals surface area contributed by atoms with Crippen molar-refractivity contribution in [3.05, 3.63) is 59.2 Å². The van der Waals surface area contributed by atoms with Crippen LogP contribution in [0.15, 0.2) is 36.4 Å². The number of rotatable bonds is 7. The number of nitrogens with one attached hydrogen (secondary N) is 2. The second-order valence-electron chi connectivity index (χ2n) is 8.35. The number of hydrogen-bond acceptors (Lipinski definition) is 5. The Kier molecular flexibility index (Phi) is 7.05. The molecule has 0 amide bonds. The van der Waals surface area contributed by atoms with Gasteiger partial charge in [0.1, 0.15) is 11.6 Å². The van der Waals surface area contributed by atoms with Gasteiger partial charge in [0.15, 0.2) is 11.5 Å². The SMILES string of the molecule is CCOc1cc(CN2CCCC(C3NNCC3c3c(F)cccc3F)C2)ccc1OC. The van der Waals surface area contributed by atoms with Crippen molar-refractivity contribution in [1.82, 2.24) is 15.8 Å². The van der Waals surface area contributed by atoms with Gasteiger partial charge in [-0.05, 0) is 62.1 Å². The van der Waals surface area contributed by atoms with Crippen LogP contribution in [0.5, 0.6) is 11.5 Å². The van der Waals surface area contributed by atoms with Gasteiger partial charge in [-0.15, -0.1) is 0 Å². The van der Waals surface area contributed by atoms with Gasteiger partial charge in [-0.2, -0.15) is 0 Å². The molecule has 168 valence electrons. The number of piperidine rings is 1. The quantitative estimate of drug-likeness (QED) is 0.698. The highest BCUT2D eigenvalue weighted by atomic mass is 19.1. The van der Waals surface area contributed by atoms with Crippen LogP contribution in [0.25, 0.3) is 0 Å². The summed E-state index contributed by atoms with van der Waals surface area (Å²) >= 11 is 0. The van der Waals surface area contributed by atoms with Crippen LogP contribution in [0.1, 0.15) is 36.8 Å². The Labute approximate surface area is 182 Å². The number of hydrogen-bond donors (Lipinski definition) is 2. The van der Waals surface area contributed by atoms with Crippen molar-refractivity contribution in [3.8, 4) is 11.5 Å². The van der Waals surface area contributed by atoms with E-state index in [4.69, 9.17) is 9.47 Å². The number of benzene rings is 2. The zero-order valence-electron chi connectivity index (χ0n) is 18.2. The van der Waals surface area contributed by atoms with Crippen molar-refractivity contribution >= 4 is 0 Å². The predicted molar refractivity (Wildman–Crippen MR) is 116 cm³/mol. The smallest absolute Gasteiger partial charge is 0.161 e. The Bertz CT molecular complexity index is 875. The summed E-state index contributed by atoms with van der Waals surface area (Å²) in [6.07, 6.45) is 2.10. The van der Waals surface area contributed by atoms with Crippen LogP contribution in [0.3, 0.4) is 0 Å². The van der Waals surface area contributed by atoms with E-state index in [9.17, 15) is 8.78 Å². The molecule has 3 unspecified atom stereocenters. The van der Waals surface area contributed by atoms with Crippen molar-refractivity contribution in [1.29, 1.82) is 0 Å². The van der Waals surface area contributed by atoms with Gasteiger partial charge in [0.05, 0.1) is 13.7 Å². The Morgan fingerprint density at radius 1 is 1.13 bits per heavy atom. The van der Waals surface area contributed by atoms with Crippen molar-refractivity contribution < 1.29 is 18.3 Å². The number of halogens is 2. The van der Waals surface area contributed by atoms with Gasteiger partial charge in [-0.3, -0.25) is 15.8 Å². The third-order valence-electron chi connectivity index (χ3n) is 6.38. The van der Waals surface area contributed by atoms with Crippen LogP contribution >= 0.6 is 0 Å². The molecular formula is C24H31F2N3O2. The van der Waals surface area contributed by atoms with Crippen molar-refractivity contribution in [2.24, 2.45) is 5.92 Å². The number of methoxy groups -OCH3 is 1. The molecular weight excluding hydrogens is 400 g/mol. The van der Waals surface area contributed by atoms with Crippen LogP contribution in [0.2, 0.25) is 0 Å². The molecule has 2 fully saturated rings. The first-order chi connectivity index (χ1) is 15.1. The molecule has 31 heavy (non-hydrogen) atoms. The fourth-order valence-corrected chi connectivity index (χ4v) is 4.98. The average Bonchev–Trinajstić information content (AvgIpc) is 3.24. The molecule has 2 N–H and O–H groups in total. The van der Waals surface area contributed by atoms with E-state index in [1.54, 1.807) is 7.11 Å². The van der Waals surface area contributed by atoms with Crippen LogP contribution < -0.4 is 20.3 Å². The maximum absolute atomic E-state index is 14.4. The van der Waals surface area contributed by atoms with Gasteiger partial charge < -0.3 is 9.47 Å². The minimum Gasteiger partial charge on any atom is -0.493 e. The first-order valence-electron chi connectivity index (χ1n) is 11.0. The highest BCUT2D eigenvalue weighted by Gasteiger charge is 2.39. The zero-order valence-corrected chi connectivity index (χ0v) is 18.2. The van der Waals surface area contributed by atoms with Gasteiger partial charge >= 0.3 is 0 Å². The summed E-state index contributed by atoms with van der Waals surface area (Å²) < 4.78 is 40.0. The molecule has 4 rings (SSSR count). The highest BCUT2D eigenvalue weighted by molar-refractivity contribution is 5.43. The maximum Gasteiger partial charge on any atom is 0.161 e. The van der Waals surface area contributed by atoms with Gasteiger partial charge in [-0.25, -0.2) is 8.78 Å². The molecule has 0 radical (unpaired) electrons. The number of nitrogens with zero attached hydrogens (tertiary/aromatic N) is 1. The Morgan fingerprint density at radius 3 is 2.68 bits per heavy atom. The summed E-state index contributed by atoms with van der Waals surface area (Å²) in [5, 5.41) is 0. The second-order valence-corrected chi connectivity index (χ2v) is 8.35. The molecule has 0 spiro atoms. The standard InChI is InChI=1S/C24H31F2N3O2/c1-3-31-22-12-16(9-10-21(22)30-2)14-29-11-5-6-17(15-29)24-18(13-27-28-24)23-19(25)7-4-8-20(23)26/h4,7-10,12,17-18,24,27-28H,3,5-6,11,13-15H2,1-2H3. The Morgan fingerprint density at radius 2 is 1.94 bits per heavy atom. The first-order valence-corrected chi connectivity index (χ1v) is 11.0. The molecule has 2 aliphatic rings. The summed E-state index contributed by atoms with van der Waals surface area (Å²) in [5.74, 6) is 0.643. The molecule has 2 saturated heterocycles. The third kappa shape index (κ3) is 4.84. The second kappa shape index (κ2) is 9.94. The summed E-state index contributed by atoms with van der Waals surface area (Å²) in [7, 11) is 1.64. The maximum atomic E-state index is 14.4. The minimum absolute atomic E-state index is 0.0101. The molecule has 0 bridgehead atoms. The molecule has 7 heteroatoms. The van der Waals surface area contributed by atoms with Crippen molar-refractivity contribution in [2.45, 2.75) is 38.3 Å². The van der Waals surface area contributed by atoms with Gasteiger partial charge in [0.25, 0.3) is 0 Å². The molecule has 2 heterocycles. The van der Waals surface area contributed by atoms with E-state index in [1.165, 1.54) is 23.8 Å². The lowest BCUT2D eigenvalue weighted by Crippen LogP contribution is -2.46. The topological polar surface area (TPSA) is 45.8 Å². The van der Waals surface area contributed by atoms with Crippen LogP contribution in [-0.2, 0) is 6.54 Å². The van der Waals surface area contributed by atoms with Crippen molar-refractivity contribution in [2.75, 3.05) is 33.4 Å². The molecule has 3 atom stereocenters. The molecule has 5 nitrogen and oxygen atoms in total. The Balaban J connectivity index is 1.47. The van der Waals surface area contributed by atoms with Crippen molar-refractivity contribution in [3.63, 3.8) is 0 Å². The van der Waals surface area contributed by atoms with Crippen LogP contribution in [0.4, 0.5) is 8.78 Å². The first kappa shape index (κ1) is 22.0. The lowest BCUT2D eigenvalue weighted by atomic mass is 9.80. The molecule has 2 aromatic carbocycles. The summed E-state index contributed by atoms with van der Waals surface area (Å²) in [4.78, 5) is 2.42. The predicted octanol–water partition coefficient (Wildman–Crippen LogP) is 3.84. The van der Waals surface area contributed by atoms with Gasteiger partial charge in [-0.1, -0.05) is 12.1 Å². The van der Waals surface area contributed by atoms with E-state index in [0.717, 1.165) is 44.0 Å².